The zero-order valence-corrected chi connectivity index (χ0v) is 12.2. The Labute approximate surface area is 120 Å². The SMILES string of the molecule is O=C(c1ccc(Cl)cc1Br)N1CCCC1CCO. The van der Waals surface area contributed by atoms with Crippen LogP contribution in [-0.4, -0.2) is 35.1 Å². The fourth-order valence-electron chi connectivity index (χ4n) is 2.37. The first-order chi connectivity index (χ1) is 8.63. The summed E-state index contributed by atoms with van der Waals surface area (Å²) >= 11 is 9.24. The van der Waals surface area contributed by atoms with E-state index in [0.717, 1.165) is 23.9 Å². The molecule has 1 aliphatic rings. The Morgan fingerprint density at radius 3 is 3.00 bits per heavy atom. The number of aliphatic hydroxyl groups is 1. The molecule has 1 aromatic carbocycles. The van der Waals surface area contributed by atoms with Gasteiger partial charge in [-0.05, 0) is 53.4 Å². The highest BCUT2D eigenvalue weighted by Crippen LogP contribution is 2.27. The standard InChI is InChI=1S/C13H15BrClNO2/c14-12-8-9(15)3-4-11(12)13(18)16-6-1-2-10(16)5-7-17/h3-4,8,10,17H,1-2,5-7H2. The van der Waals surface area contributed by atoms with Gasteiger partial charge in [-0.25, -0.2) is 0 Å². The van der Waals surface area contributed by atoms with Crippen LogP contribution in [0, 0.1) is 0 Å². The summed E-state index contributed by atoms with van der Waals surface area (Å²) < 4.78 is 0.717. The number of benzene rings is 1. The molecule has 5 heteroatoms. The molecule has 1 amide bonds. The maximum absolute atomic E-state index is 12.4. The molecule has 18 heavy (non-hydrogen) atoms. The molecule has 0 bridgehead atoms. The summed E-state index contributed by atoms with van der Waals surface area (Å²) in [7, 11) is 0. The van der Waals surface area contributed by atoms with E-state index in [1.165, 1.54) is 0 Å². The fourth-order valence-corrected chi connectivity index (χ4v) is 3.22. The van der Waals surface area contributed by atoms with Crippen molar-refractivity contribution >= 4 is 33.4 Å². The van der Waals surface area contributed by atoms with E-state index in [-0.39, 0.29) is 18.6 Å². The minimum absolute atomic E-state index is 0.00879. The second kappa shape index (κ2) is 6.04. The van der Waals surface area contributed by atoms with E-state index in [1.54, 1.807) is 18.2 Å². The van der Waals surface area contributed by atoms with Crippen molar-refractivity contribution in [1.82, 2.24) is 4.90 Å². The van der Waals surface area contributed by atoms with Gasteiger partial charge in [-0.2, -0.15) is 0 Å². The van der Waals surface area contributed by atoms with Gasteiger partial charge in [0.05, 0.1) is 5.56 Å². The Kier molecular flexibility index (Phi) is 4.65. The number of aliphatic hydroxyl groups excluding tert-OH is 1. The van der Waals surface area contributed by atoms with Crippen molar-refractivity contribution in [2.45, 2.75) is 25.3 Å². The van der Waals surface area contributed by atoms with Crippen molar-refractivity contribution in [2.75, 3.05) is 13.2 Å². The molecular formula is C13H15BrClNO2. The van der Waals surface area contributed by atoms with Crippen LogP contribution in [0.4, 0.5) is 0 Å². The fraction of sp³-hybridized carbons (Fsp3) is 0.462. The molecule has 1 atom stereocenters. The minimum Gasteiger partial charge on any atom is -0.396 e. The number of halogens is 2. The summed E-state index contributed by atoms with van der Waals surface area (Å²) in [6.07, 6.45) is 2.62. The predicted octanol–water partition coefficient (Wildman–Crippen LogP) is 3.09. The van der Waals surface area contributed by atoms with E-state index in [0.29, 0.717) is 17.0 Å². The normalized spacial score (nSPS) is 19.3. The maximum Gasteiger partial charge on any atom is 0.255 e. The average Bonchev–Trinajstić information content (AvgIpc) is 2.77. The lowest BCUT2D eigenvalue weighted by Gasteiger charge is -2.24. The second-order valence-corrected chi connectivity index (χ2v) is 5.72. The lowest BCUT2D eigenvalue weighted by Crippen LogP contribution is -2.36. The topological polar surface area (TPSA) is 40.5 Å². The first-order valence-electron chi connectivity index (χ1n) is 6.00. The Morgan fingerprint density at radius 2 is 2.33 bits per heavy atom. The van der Waals surface area contributed by atoms with Gasteiger partial charge in [0.2, 0.25) is 0 Å². The molecule has 1 saturated heterocycles. The van der Waals surface area contributed by atoms with Crippen molar-refractivity contribution in [2.24, 2.45) is 0 Å². The highest BCUT2D eigenvalue weighted by molar-refractivity contribution is 9.10. The van der Waals surface area contributed by atoms with Crippen molar-refractivity contribution < 1.29 is 9.90 Å². The van der Waals surface area contributed by atoms with E-state index in [4.69, 9.17) is 16.7 Å². The Balaban J connectivity index is 2.20. The largest absolute Gasteiger partial charge is 0.396 e. The smallest absolute Gasteiger partial charge is 0.255 e. The highest BCUT2D eigenvalue weighted by atomic mass is 79.9. The van der Waals surface area contributed by atoms with Crippen molar-refractivity contribution in [3.8, 4) is 0 Å². The van der Waals surface area contributed by atoms with Crippen LogP contribution in [0.3, 0.4) is 0 Å². The molecule has 0 aliphatic carbocycles. The van der Waals surface area contributed by atoms with E-state index in [2.05, 4.69) is 15.9 Å². The van der Waals surface area contributed by atoms with Gasteiger partial charge >= 0.3 is 0 Å². The van der Waals surface area contributed by atoms with Crippen LogP contribution >= 0.6 is 27.5 Å². The summed E-state index contributed by atoms with van der Waals surface area (Å²) in [5.74, 6) is 0.00879. The van der Waals surface area contributed by atoms with Crippen LogP contribution in [0.1, 0.15) is 29.6 Å². The third-order valence-electron chi connectivity index (χ3n) is 3.26. The molecule has 1 N–H and O–H groups in total. The van der Waals surface area contributed by atoms with Crippen LogP contribution in [0.2, 0.25) is 5.02 Å². The van der Waals surface area contributed by atoms with Gasteiger partial charge < -0.3 is 10.0 Å². The highest BCUT2D eigenvalue weighted by Gasteiger charge is 2.29. The number of hydrogen-bond donors (Lipinski definition) is 1. The molecule has 2 rings (SSSR count). The van der Waals surface area contributed by atoms with Crippen molar-refractivity contribution in [3.63, 3.8) is 0 Å². The third kappa shape index (κ3) is 2.87. The number of nitrogens with zero attached hydrogens (tertiary/aromatic N) is 1. The van der Waals surface area contributed by atoms with E-state index in [9.17, 15) is 4.79 Å². The minimum atomic E-state index is 0.00879. The number of carbonyl (C=O) groups excluding carboxylic acids is 1. The summed E-state index contributed by atoms with van der Waals surface area (Å²) in [5.41, 5.74) is 0.629. The molecule has 0 radical (unpaired) electrons. The monoisotopic (exact) mass is 331 g/mol. The Hall–Kier alpha value is -0.580. The van der Waals surface area contributed by atoms with Crippen molar-refractivity contribution in [3.05, 3.63) is 33.3 Å². The van der Waals surface area contributed by atoms with E-state index < -0.39 is 0 Å². The first-order valence-corrected chi connectivity index (χ1v) is 7.17. The molecule has 1 unspecified atom stereocenters. The second-order valence-electron chi connectivity index (χ2n) is 4.43. The molecule has 1 aromatic rings. The quantitative estimate of drug-likeness (QED) is 0.924. The summed E-state index contributed by atoms with van der Waals surface area (Å²) in [6.45, 7) is 0.884. The van der Waals surface area contributed by atoms with Gasteiger partial charge in [0.25, 0.3) is 5.91 Å². The van der Waals surface area contributed by atoms with E-state index >= 15 is 0 Å². The van der Waals surface area contributed by atoms with Gasteiger partial charge in [0.15, 0.2) is 0 Å². The van der Waals surface area contributed by atoms with Crippen LogP contribution in [-0.2, 0) is 0 Å². The number of amides is 1. The number of carbonyl (C=O) groups is 1. The van der Waals surface area contributed by atoms with Gasteiger partial charge in [-0.1, -0.05) is 11.6 Å². The first kappa shape index (κ1) is 13.8. The van der Waals surface area contributed by atoms with Gasteiger partial charge in [-0.15, -0.1) is 0 Å². The molecule has 3 nitrogen and oxygen atoms in total. The zero-order valence-electron chi connectivity index (χ0n) is 9.90. The van der Waals surface area contributed by atoms with E-state index in [1.807, 2.05) is 4.90 Å². The van der Waals surface area contributed by atoms with Gasteiger partial charge in [-0.3, -0.25) is 4.79 Å². The third-order valence-corrected chi connectivity index (χ3v) is 4.15. The molecule has 1 aliphatic heterocycles. The van der Waals surface area contributed by atoms with Gasteiger partial charge in [0, 0.05) is 28.7 Å². The molecule has 98 valence electrons. The molecule has 1 heterocycles. The Bertz CT molecular complexity index is 453. The van der Waals surface area contributed by atoms with Crippen LogP contribution < -0.4 is 0 Å². The average molecular weight is 333 g/mol. The molecule has 0 spiro atoms. The maximum atomic E-state index is 12.4. The zero-order chi connectivity index (χ0) is 13.1. The summed E-state index contributed by atoms with van der Waals surface area (Å²) in [6, 6.07) is 5.34. The Morgan fingerprint density at radius 1 is 1.56 bits per heavy atom. The molecule has 0 aromatic heterocycles. The molecule has 1 fully saturated rings. The summed E-state index contributed by atoms with van der Waals surface area (Å²) in [4.78, 5) is 14.3. The number of likely N-dealkylation sites (tertiary alicyclic amines) is 1. The van der Waals surface area contributed by atoms with Crippen molar-refractivity contribution in [1.29, 1.82) is 0 Å². The number of hydrogen-bond acceptors (Lipinski definition) is 2. The summed E-state index contributed by atoms with van der Waals surface area (Å²) in [5, 5.41) is 9.63. The number of rotatable bonds is 3. The molecular weight excluding hydrogens is 318 g/mol. The van der Waals surface area contributed by atoms with Gasteiger partial charge in [0.1, 0.15) is 0 Å². The lowest BCUT2D eigenvalue weighted by atomic mass is 10.1. The predicted molar refractivity (Wildman–Crippen MR) is 74.9 cm³/mol. The lowest BCUT2D eigenvalue weighted by molar-refractivity contribution is 0.0715. The van der Waals surface area contributed by atoms with Crippen LogP contribution in [0.25, 0.3) is 0 Å². The molecule has 0 saturated carbocycles. The van der Waals surface area contributed by atoms with Crippen LogP contribution in [0.15, 0.2) is 22.7 Å². The van der Waals surface area contributed by atoms with Crippen LogP contribution in [0.5, 0.6) is 0 Å².